The van der Waals surface area contributed by atoms with Crippen LogP contribution in [0.25, 0.3) is 16.0 Å². The number of carbonyl (C=O) groups excluding carboxylic acids is 2. The van der Waals surface area contributed by atoms with Crippen LogP contribution in [0.3, 0.4) is 0 Å². The zero-order valence-corrected chi connectivity index (χ0v) is 20.4. The van der Waals surface area contributed by atoms with E-state index in [1.54, 1.807) is 24.3 Å². The van der Waals surface area contributed by atoms with Crippen molar-refractivity contribution in [1.29, 1.82) is 0 Å². The lowest BCUT2D eigenvalue weighted by Gasteiger charge is -2.23. The van der Waals surface area contributed by atoms with Crippen molar-refractivity contribution >= 4 is 44.1 Å². The van der Waals surface area contributed by atoms with Gasteiger partial charge in [-0.2, -0.15) is 0 Å². The summed E-state index contributed by atoms with van der Waals surface area (Å²) in [6, 6.07) is 19.5. The van der Waals surface area contributed by atoms with Crippen molar-refractivity contribution in [2.45, 2.75) is 26.8 Å². The van der Waals surface area contributed by atoms with Gasteiger partial charge in [-0.1, -0.05) is 47.2 Å². The van der Waals surface area contributed by atoms with Gasteiger partial charge in [-0.25, -0.2) is 4.98 Å². The van der Waals surface area contributed by atoms with Crippen LogP contribution in [0.15, 0.2) is 72.3 Å². The highest BCUT2D eigenvalue weighted by Crippen LogP contribution is 2.44. The number of hydrogen-bond donors (Lipinski definition) is 1. The van der Waals surface area contributed by atoms with Crippen LogP contribution in [0.4, 0.5) is 5.13 Å². The standard InChI is InChI=1S/C28H24N2O4S/c1-4-34-20-12-10-19(11-13-20)25(31)23-24(18-8-5-16(2)6-9-18)30(27(33)26(23)32)28-29-21-14-7-17(3)15-22(21)35-28/h5-15,24,31H,4H2,1-3H3/b25-23+. The molecule has 1 aliphatic heterocycles. The molecule has 4 aromatic rings. The van der Waals surface area contributed by atoms with Crippen LogP contribution < -0.4 is 9.64 Å². The molecule has 0 bridgehead atoms. The Morgan fingerprint density at radius 2 is 1.69 bits per heavy atom. The maximum Gasteiger partial charge on any atom is 0.301 e. The third kappa shape index (κ3) is 4.08. The molecule has 5 rings (SSSR count). The van der Waals surface area contributed by atoms with Crippen molar-refractivity contribution in [2.75, 3.05) is 11.5 Å². The highest BCUT2D eigenvalue weighted by Gasteiger charge is 2.48. The first-order chi connectivity index (χ1) is 16.9. The van der Waals surface area contributed by atoms with E-state index >= 15 is 0 Å². The normalized spacial score (nSPS) is 17.3. The zero-order valence-electron chi connectivity index (χ0n) is 19.6. The number of carbonyl (C=O) groups is 2. The molecule has 35 heavy (non-hydrogen) atoms. The number of rotatable bonds is 5. The largest absolute Gasteiger partial charge is 0.507 e. The van der Waals surface area contributed by atoms with Crippen LogP contribution in [0.5, 0.6) is 5.75 Å². The number of anilines is 1. The Kier molecular flexibility index (Phi) is 5.86. The molecule has 0 radical (unpaired) electrons. The first-order valence-electron chi connectivity index (χ1n) is 11.4. The average Bonchev–Trinajstić information content (AvgIpc) is 3.37. The van der Waals surface area contributed by atoms with E-state index in [1.807, 2.05) is 63.2 Å². The van der Waals surface area contributed by atoms with Crippen LogP contribution >= 0.6 is 11.3 Å². The van der Waals surface area contributed by atoms with Crippen molar-refractivity contribution in [3.63, 3.8) is 0 Å². The number of aryl methyl sites for hydroxylation is 2. The predicted molar refractivity (Wildman–Crippen MR) is 138 cm³/mol. The van der Waals surface area contributed by atoms with E-state index in [1.165, 1.54) is 16.2 Å². The lowest BCUT2D eigenvalue weighted by molar-refractivity contribution is -0.132. The number of aromatic nitrogens is 1. The topological polar surface area (TPSA) is 79.7 Å². The van der Waals surface area contributed by atoms with E-state index < -0.39 is 17.7 Å². The second-order valence-electron chi connectivity index (χ2n) is 8.50. The molecular formula is C28H24N2O4S. The second kappa shape index (κ2) is 9.00. The number of amides is 1. The van der Waals surface area contributed by atoms with E-state index in [0.717, 1.165) is 26.9 Å². The number of thiazole rings is 1. The zero-order chi connectivity index (χ0) is 24.7. The monoisotopic (exact) mass is 484 g/mol. The number of Topliss-reactive ketones (excluding diaryl/α,β-unsaturated/α-hetero) is 1. The molecule has 1 N–H and O–H groups in total. The molecule has 0 saturated carbocycles. The van der Waals surface area contributed by atoms with Crippen LogP contribution in [0, 0.1) is 13.8 Å². The van der Waals surface area contributed by atoms with E-state index in [0.29, 0.717) is 23.1 Å². The smallest absolute Gasteiger partial charge is 0.301 e. The molecule has 1 amide bonds. The fourth-order valence-corrected chi connectivity index (χ4v) is 5.34. The summed E-state index contributed by atoms with van der Waals surface area (Å²) in [5, 5.41) is 11.7. The Bertz CT molecular complexity index is 1470. The summed E-state index contributed by atoms with van der Waals surface area (Å²) in [5.41, 5.74) is 4.08. The maximum atomic E-state index is 13.4. The number of benzene rings is 3. The van der Waals surface area contributed by atoms with Gasteiger partial charge in [0.15, 0.2) is 5.13 Å². The molecule has 1 atom stereocenters. The van der Waals surface area contributed by atoms with E-state index in [2.05, 4.69) is 4.98 Å². The van der Waals surface area contributed by atoms with Crippen LogP contribution in [0.2, 0.25) is 0 Å². The van der Waals surface area contributed by atoms with Gasteiger partial charge >= 0.3 is 5.91 Å². The molecule has 0 spiro atoms. The highest BCUT2D eigenvalue weighted by molar-refractivity contribution is 7.22. The number of ketones is 1. The van der Waals surface area contributed by atoms with E-state index in [9.17, 15) is 14.7 Å². The van der Waals surface area contributed by atoms with Gasteiger partial charge in [0.25, 0.3) is 5.78 Å². The summed E-state index contributed by atoms with van der Waals surface area (Å²) in [6.45, 7) is 6.37. The Labute approximate surface area is 207 Å². The fourth-order valence-electron chi connectivity index (χ4n) is 4.25. The Morgan fingerprint density at radius 3 is 2.37 bits per heavy atom. The molecule has 7 heteroatoms. The summed E-state index contributed by atoms with van der Waals surface area (Å²) in [5.74, 6) is -1.02. The lowest BCUT2D eigenvalue weighted by atomic mass is 9.95. The number of hydrogen-bond acceptors (Lipinski definition) is 6. The van der Waals surface area contributed by atoms with Gasteiger partial charge in [-0.05, 0) is 68.3 Å². The molecular weight excluding hydrogens is 460 g/mol. The Morgan fingerprint density at radius 1 is 1.00 bits per heavy atom. The van der Waals surface area contributed by atoms with Gasteiger partial charge in [0.2, 0.25) is 0 Å². The SMILES string of the molecule is CCOc1ccc(/C(O)=C2\C(=O)C(=O)N(c3nc4ccc(C)cc4s3)C2c2ccc(C)cc2)cc1. The minimum absolute atomic E-state index is 0.0402. The number of aliphatic hydroxyl groups is 1. The van der Waals surface area contributed by atoms with Gasteiger partial charge in [0.05, 0.1) is 28.4 Å². The summed E-state index contributed by atoms with van der Waals surface area (Å²) < 4.78 is 6.41. The molecule has 2 heterocycles. The van der Waals surface area contributed by atoms with Crippen molar-refractivity contribution < 1.29 is 19.4 Å². The van der Waals surface area contributed by atoms with Crippen LogP contribution in [-0.2, 0) is 9.59 Å². The first-order valence-corrected chi connectivity index (χ1v) is 12.2. The van der Waals surface area contributed by atoms with Crippen LogP contribution in [0.1, 0.15) is 35.2 Å². The lowest BCUT2D eigenvalue weighted by Crippen LogP contribution is -2.29. The summed E-state index contributed by atoms with van der Waals surface area (Å²) >= 11 is 1.35. The molecule has 1 saturated heterocycles. The van der Waals surface area contributed by atoms with Crippen molar-refractivity contribution in [3.8, 4) is 5.75 Å². The van der Waals surface area contributed by atoms with Gasteiger partial charge in [0.1, 0.15) is 11.5 Å². The number of nitrogens with zero attached hydrogens (tertiary/aromatic N) is 2. The van der Waals surface area contributed by atoms with Crippen molar-refractivity contribution in [3.05, 3.63) is 94.6 Å². The maximum absolute atomic E-state index is 13.4. The van der Waals surface area contributed by atoms with Gasteiger partial charge in [-0.15, -0.1) is 0 Å². The predicted octanol–water partition coefficient (Wildman–Crippen LogP) is 5.94. The molecule has 3 aromatic carbocycles. The fraction of sp³-hybridized carbons (Fsp3) is 0.179. The number of aliphatic hydroxyl groups excluding tert-OH is 1. The van der Waals surface area contributed by atoms with E-state index in [-0.39, 0.29) is 11.3 Å². The van der Waals surface area contributed by atoms with Gasteiger partial charge in [0, 0.05) is 5.56 Å². The summed E-state index contributed by atoms with van der Waals surface area (Å²) in [4.78, 5) is 32.8. The number of fused-ring (bicyclic) bond motifs is 1. The number of ether oxygens (including phenoxy) is 1. The summed E-state index contributed by atoms with van der Waals surface area (Å²) in [6.07, 6.45) is 0. The molecule has 1 unspecified atom stereocenters. The van der Waals surface area contributed by atoms with Gasteiger partial charge < -0.3 is 9.84 Å². The highest BCUT2D eigenvalue weighted by atomic mass is 32.1. The first kappa shape index (κ1) is 22.8. The molecule has 6 nitrogen and oxygen atoms in total. The second-order valence-corrected chi connectivity index (χ2v) is 9.51. The molecule has 1 fully saturated rings. The molecule has 1 aromatic heterocycles. The van der Waals surface area contributed by atoms with Crippen LogP contribution in [-0.4, -0.2) is 28.4 Å². The van der Waals surface area contributed by atoms with E-state index in [4.69, 9.17) is 4.74 Å². The third-order valence-corrected chi connectivity index (χ3v) is 7.03. The minimum atomic E-state index is -0.802. The minimum Gasteiger partial charge on any atom is -0.507 e. The molecule has 0 aliphatic carbocycles. The van der Waals surface area contributed by atoms with Gasteiger partial charge in [-0.3, -0.25) is 14.5 Å². The summed E-state index contributed by atoms with van der Waals surface area (Å²) in [7, 11) is 0. The third-order valence-electron chi connectivity index (χ3n) is 6.02. The molecule has 1 aliphatic rings. The van der Waals surface area contributed by atoms with Crippen molar-refractivity contribution in [1.82, 2.24) is 4.98 Å². The Hall–Kier alpha value is -3.97. The van der Waals surface area contributed by atoms with Crippen molar-refractivity contribution in [2.24, 2.45) is 0 Å². The quantitative estimate of drug-likeness (QED) is 0.215. The average molecular weight is 485 g/mol. The molecule has 176 valence electrons. The Balaban J connectivity index is 1.68.